The van der Waals surface area contributed by atoms with Crippen LogP contribution in [-0.4, -0.2) is 12.1 Å². The van der Waals surface area contributed by atoms with Crippen LogP contribution in [0.15, 0.2) is 40.3 Å². The van der Waals surface area contributed by atoms with Gasteiger partial charge in [-0.05, 0) is 18.2 Å². The van der Waals surface area contributed by atoms with Crippen molar-refractivity contribution in [1.29, 1.82) is 0 Å². The van der Waals surface area contributed by atoms with Gasteiger partial charge < -0.3 is 10.2 Å². The monoisotopic (exact) mass is 315 g/mol. The molecule has 0 bridgehead atoms. The average molecular weight is 316 g/mol. The van der Waals surface area contributed by atoms with Gasteiger partial charge in [-0.1, -0.05) is 47.1 Å². The minimum atomic E-state index is 0.372. The van der Waals surface area contributed by atoms with Crippen LogP contribution in [0.3, 0.4) is 0 Å². The number of anilines is 1. The van der Waals surface area contributed by atoms with Gasteiger partial charge in [-0.3, -0.25) is 0 Å². The molecule has 0 saturated carbocycles. The first-order valence-corrected chi connectivity index (χ1v) is 6.86. The van der Waals surface area contributed by atoms with Crippen LogP contribution >= 0.6 is 35.0 Å². The Balaban J connectivity index is 2.38. The van der Waals surface area contributed by atoms with Gasteiger partial charge in [0, 0.05) is 0 Å². The fraction of sp³-hybridized carbons (Fsp3) is 0.0833. The smallest absolute Gasteiger partial charge is 0.160 e. The molecular formula is C12H11Cl2N3OS. The molecule has 0 aliphatic heterocycles. The number of nitrogens with one attached hydrogen (secondary N) is 1. The summed E-state index contributed by atoms with van der Waals surface area (Å²) in [7, 11) is 1.61. The molecule has 0 unspecified atom stereocenters. The molecule has 2 rings (SSSR count). The fourth-order valence-corrected chi connectivity index (χ4v) is 2.86. The summed E-state index contributed by atoms with van der Waals surface area (Å²) in [5.74, 6) is 6.48. The maximum Gasteiger partial charge on any atom is 0.160 e. The second kappa shape index (κ2) is 6.34. The Morgan fingerprint density at radius 1 is 1.26 bits per heavy atom. The van der Waals surface area contributed by atoms with Gasteiger partial charge in [0.15, 0.2) is 5.82 Å². The van der Waals surface area contributed by atoms with Crippen molar-refractivity contribution in [2.75, 3.05) is 12.5 Å². The molecule has 4 nitrogen and oxygen atoms in total. The molecule has 0 amide bonds. The number of nitrogens with zero attached hydrogens (tertiary/aromatic N) is 1. The van der Waals surface area contributed by atoms with Crippen LogP contribution < -0.4 is 16.0 Å². The van der Waals surface area contributed by atoms with E-state index in [0.29, 0.717) is 20.9 Å². The molecule has 0 atom stereocenters. The maximum absolute atomic E-state index is 6.13. The summed E-state index contributed by atoms with van der Waals surface area (Å²) in [4.78, 5) is 5.18. The number of nitrogen functional groups attached to an aromatic ring is 1. The van der Waals surface area contributed by atoms with Crippen LogP contribution in [0.1, 0.15) is 0 Å². The van der Waals surface area contributed by atoms with Crippen LogP contribution in [0.5, 0.6) is 5.75 Å². The highest BCUT2D eigenvalue weighted by atomic mass is 35.5. The quantitative estimate of drug-likeness (QED) is 0.663. The molecule has 0 saturated heterocycles. The standard InChI is InChI=1S/C12H11Cl2N3OS/c1-18-9-4-2-3-5-10(9)19-12-8(14)6-7(13)11(16-12)17-15/h2-6H,15H2,1H3,(H,16,17). The third kappa shape index (κ3) is 3.25. The van der Waals surface area contributed by atoms with E-state index in [9.17, 15) is 0 Å². The van der Waals surface area contributed by atoms with E-state index in [0.717, 1.165) is 10.6 Å². The second-order valence-electron chi connectivity index (χ2n) is 3.50. The molecule has 0 spiro atoms. The predicted molar refractivity (Wildman–Crippen MR) is 79.2 cm³/mol. The lowest BCUT2D eigenvalue weighted by molar-refractivity contribution is 0.405. The van der Waals surface area contributed by atoms with E-state index in [-0.39, 0.29) is 0 Å². The number of rotatable bonds is 4. The zero-order valence-electron chi connectivity index (χ0n) is 9.98. The number of hydrazine groups is 1. The van der Waals surface area contributed by atoms with Gasteiger partial charge in [-0.2, -0.15) is 0 Å². The number of halogens is 2. The first-order valence-electron chi connectivity index (χ1n) is 5.29. The van der Waals surface area contributed by atoms with Crippen molar-refractivity contribution < 1.29 is 4.74 Å². The van der Waals surface area contributed by atoms with Crippen LogP contribution in [0.4, 0.5) is 5.82 Å². The Labute approximate surface area is 125 Å². The second-order valence-corrected chi connectivity index (χ2v) is 5.35. The van der Waals surface area contributed by atoms with Crippen LogP contribution in [0.2, 0.25) is 10.0 Å². The molecular weight excluding hydrogens is 305 g/mol. The van der Waals surface area contributed by atoms with Crippen molar-refractivity contribution in [3.05, 3.63) is 40.4 Å². The molecule has 3 N–H and O–H groups in total. The maximum atomic E-state index is 6.13. The number of pyridine rings is 1. The van der Waals surface area contributed by atoms with Gasteiger partial charge in [0.1, 0.15) is 10.8 Å². The number of ether oxygens (including phenoxy) is 1. The first kappa shape index (κ1) is 14.3. The summed E-state index contributed by atoms with van der Waals surface area (Å²) >= 11 is 13.4. The van der Waals surface area contributed by atoms with E-state index in [2.05, 4.69) is 10.4 Å². The molecule has 0 radical (unpaired) electrons. The van der Waals surface area contributed by atoms with Crippen molar-refractivity contribution in [2.24, 2.45) is 5.84 Å². The van der Waals surface area contributed by atoms with Gasteiger partial charge >= 0.3 is 0 Å². The molecule has 19 heavy (non-hydrogen) atoms. The lowest BCUT2D eigenvalue weighted by atomic mass is 10.3. The minimum absolute atomic E-state index is 0.372. The SMILES string of the molecule is COc1ccccc1Sc1nc(NN)c(Cl)cc1Cl. The number of hydrogen-bond acceptors (Lipinski definition) is 5. The lowest BCUT2D eigenvalue weighted by Crippen LogP contribution is -2.09. The van der Waals surface area contributed by atoms with Gasteiger partial charge in [-0.25, -0.2) is 10.8 Å². The zero-order valence-corrected chi connectivity index (χ0v) is 12.3. The van der Waals surface area contributed by atoms with Crippen molar-refractivity contribution in [3.8, 4) is 5.75 Å². The highest BCUT2D eigenvalue weighted by molar-refractivity contribution is 7.99. The normalized spacial score (nSPS) is 10.3. The zero-order chi connectivity index (χ0) is 13.8. The van der Waals surface area contributed by atoms with Gasteiger partial charge in [-0.15, -0.1) is 0 Å². The van der Waals surface area contributed by atoms with E-state index in [1.807, 2.05) is 24.3 Å². The van der Waals surface area contributed by atoms with Crippen LogP contribution in [0, 0.1) is 0 Å². The average Bonchev–Trinajstić information content (AvgIpc) is 2.42. The van der Waals surface area contributed by atoms with E-state index < -0.39 is 0 Å². The molecule has 1 aromatic heterocycles. The number of benzene rings is 1. The van der Waals surface area contributed by atoms with Gasteiger partial charge in [0.05, 0.1) is 22.1 Å². The molecule has 100 valence electrons. The highest BCUT2D eigenvalue weighted by Crippen LogP contribution is 2.39. The molecule has 0 aliphatic carbocycles. The number of aromatic nitrogens is 1. The molecule has 2 aromatic rings. The third-order valence-electron chi connectivity index (χ3n) is 2.31. The van der Waals surface area contributed by atoms with Crippen molar-refractivity contribution in [2.45, 2.75) is 9.92 Å². The third-order valence-corrected chi connectivity index (χ3v) is 4.06. The Hall–Kier alpha value is -1.14. The molecule has 1 heterocycles. The van der Waals surface area contributed by atoms with E-state index >= 15 is 0 Å². The number of methoxy groups -OCH3 is 1. The summed E-state index contributed by atoms with van der Waals surface area (Å²) in [6, 6.07) is 9.20. The van der Waals surface area contributed by atoms with Gasteiger partial charge in [0.25, 0.3) is 0 Å². The van der Waals surface area contributed by atoms with Crippen molar-refractivity contribution in [1.82, 2.24) is 4.98 Å². The molecule has 7 heteroatoms. The molecule has 1 aromatic carbocycles. The predicted octanol–water partition coefficient (Wildman–Crippen LogP) is 3.83. The Morgan fingerprint density at radius 2 is 2.00 bits per heavy atom. The summed E-state index contributed by atoms with van der Waals surface area (Å²) in [6.45, 7) is 0. The molecule has 0 aliphatic rings. The summed E-state index contributed by atoms with van der Waals surface area (Å²) in [5.41, 5.74) is 2.43. The fourth-order valence-electron chi connectivity index (χ4n) is 1.43. The summed E-state index contributed by atoms with van der Waals surface area (Å²) < 4.78 is 5.28. The lowest BCUT2D eigenvalue weighted by Gasteiger charge is -2.10. The Kier molecular flexibility index (Phi) is 4.76. The number of hydrogen-bond donors (Lipinski definition) is 2. The first-order chi connectivity index (χ1) is 9.15. The van der Waals surface area contributed by atoms with E-state index in [1.54, 1.807) is 13.2 Å². The van der Waals surface area contributed by atoms with E-state index in [4.69, 9.17) is 33.8 Å². The minimum Gasteiger partial charge on any atom is -0.496 e. The number of nitrogens with two attached hydrogens (primary N) is 1. The summed E-state index contributed by atoms with van der Waals surface area (Å²) in [5, 5.41) is 1.43. The van der Waals surface area contributed by atoms with Gasteiger partial charge in [0.2, 0.25) is 0 Å². The largest absolute Gasteiger partial charge is 0.496 e. The van der Waals surface area contributed by atoms with Crippen LogP contribution in [-0.2, 0) is 0 Å². The Bertz CT molecular complexity index is 595. The molecule has 0 fully saturated rings. The topological polar surface area (TPSA) is 60.2 Å². The van der Waals surface area contributed by atoms with E-state index in [1.165, 1.54) is 11.8 Å². The summed E-state index contributed by atoms with van der Waals surface area (Å²) in [6.07, 6.45) is 0. The Morgan fingerprint density at radius 3 is 2.68 bits per heavy atom. The number of para-hydroxylation sites is 1. The van der Waals surface area contributed by atoms with Crippen LogP contribution in [0.25, 0.3) is 0 Å². The van der Waals surface area contributed by atoms with Crippen molar-refractivity contribution >= 4 is 40.8 Å². The highest BCUT2D eigenvalue weighted by Gasteiger charge is 2.12. The van der Waals surface area contributed by atoms with Crippen molar-refractivity contribution in [3.63, 3.8) is 0 Å².